The third-order valence-electron chi connectivity index (χ3n) is 4.79. The smallest absolute Gasteiger partial charge is 0.171 e. The van der Waals surface area contributed by atoms with Gasteiger partial charge in [0, 0.05) is 67.7 Å². The van der Waals surface area contributed by atoms with Gasteiger partial charge in [0.25, 0.3) is 0 Å². The van der Waals surface area contributed by atoms with E-state index in [9.17, 15) is 18.0 Å². The van der Waals surface area contributed by atoms with Gasteiger partial charge in [-0.25, -0.2) is 18.4 Å². The minimum atomic E-state index is -3.28. The molecule has 0 atom stereocenters. The Kier molecular flexibility index (Phi) is 15.6. The van der Waals surface area contributed by atoms with Crippen molar-refractivity contribution in [2.24, 2.45) is 0 Å². The number of rotatable bonds is 20. The minimum absolute atomic E-state index is 0.0482. The Morgan fingerprint density at radius 2 is 1.46 bits per heavy atom. The van der Waals surface area contributed by atoms with Gasteiger partial charge in [-0.05, 0) is 58.7 Å². The molecule has 0 amide bonds. The average Bonchev–Trinajstić information content (AvgIpc) is 2.87. The molecule has 0 N–H and O–H groups in total. The van der Waals surface area contributed by atoms with Gasteiger partial charge in [0.15, 0.2) is 9.84 Å². The fourth-order valence-electron chi connectivity index (χ4n) is 2.96. The van der Waals surface area contributed by atoms with Crippen LogP contribution < -0.4 is 0 Å². The van der Waals surface area contributed by atoms with Crippen molar-refractivity contribution in [1.29, 1.82) is 0 Å². The lowest BCUT2D eigenvalue weighted by atomic mass is 10.1. The summed E-state index contributed by atoms with van der Waals surface area (Å²) in [5.74, 6) is 1.65. The van der Waals surface area contributed by atoms with Crippen molar-refractivity contribution in [3.8, 4) is 0 Å². The van der Waals surface area contributed by atoms with Crippen LogP contribution in [0, 0.1) is 0 Å². The molecule has 0 unspecified atom stereocenters. The van der Waals surface area contributed by atoms with Gasteiger partial charge < -0.3 is 4.74 Å². The molecular formula is C25H32N2O5S5. The van der Waals surface area contributed by atoms with Crippen LogP contribution in [0.15, 0.2) is 58.4 Å². The largest absolute Gasteiger partial charge is 0.385 e. The summed E-state index contributed by atoms with van der Waals surface area (Å²) in [5, 5.41) is 2.60. The Hall–Kier alpha value is -1.31. The molecule has 12 heteroatoms. The Morgan fingerprint density at radius 3 is 2.03 bits per heavy atom. The molecule has 0 aliphatic heterocycles. The molecule has 0 radical (unpaired) electrons. The Labute approximate surface area is 235 Å². The van der Waals surface area contributed by atoms with E-state index >= 15 is 0 Å². The zero-order chi connectivity index (χ0) is 26.9. The molecule has 2 aromatic heterocycles. The highest BCUT2D eigenvalue weighted by Gasteiger charge is 2.11. The molecule has 0 spiro atoms. The first kappa shape index (κ1) is 31.9. The average molecular weight is 601 g/mol. The van der Waals surface area contributed by atoms with Crippen molar-refractivity contribution >= 4 is 64.6 Å². The van der Waals surface area contributed by atoms with Crippen molar-refractivity contribution in [1.82, 2.24) is 9.97 Å². The van der Waals surface area contributed by atoms with E-state index in [-0.39, 0.29) is 36.6 Å². The molecule has 0 saturated carbocycles. The van der Waals surface area contributed by atoms with Crippen molar-refractivity contribution < 1.29 is 22.7 Å². The predicted octanol–water partition coefficient (Wildman–Crippen LogP) is 5.65. The first-order chi connectivity index (χ1) is 17.8. The highest BCUT2D eigenvalue weighted by atomic mass is 33.1. The summed E-state index contributed by atoms with van der Waals surface area (Å²) in [5.41, 5.74) is 1.44. The normalized spacial score (nSPS) is 11.4. The molecule has 0 bridgehead atoms. The van der Waals surface area contributed by atoms with Crippen LogP contribution in [-0.4, -0.2) is 60.9 Å². The van der Waals surface area contributed by atoms with Gasteiger partial charge in [-0.1, -0.05) is 40.3 Å². The number of hydrogen-bond donors (Lipinski definition) is 0. The fourth-order valence-corrected chi connectivity index (χ4v) is 7.59. The molecule has 0 aromatic carbocycles. The fraction of sp³-hybridized carbons (Fsp3) is 0.440. The molecule has 7 nitrogen and oxygen atoms in total. The summed E-state index contributed by atoms with van der Waals surface area (Å²) in [6.45, 7) is 4.02. The molecule has 2 rings (SSSR count). The maximum absolute atomic E-state index is 12.4. The van der Waals surface area contributed by atoms with Gasteiger partial charge in [-0.15, -0.1) is 0 Å². The van der Waals surface area contributed by atoms with Crippen molar-refractivity contribution in [3.05, 3.63) is 59.8 Å². The van der Waals surface area contributed by atoms with E-state index in [1.54, 1.807) is 45.6 Å². The molecule has 0 aliphatic rings. The molecule has 0 saturated heterocycles. The number of aromatic nitrogens is 2. The van der Waals surface area contributed by atoms with Crippen LogP contribution >= 0.6 is 43.2 Å². The second kappa shape index (κ2) is 18.1. The zero-order valence-corrected chi connectivity index (χ0v) is 24.9. The number of ether oxygens (including phenoxy) is 1. The van der Waals surface area contributed by atoms with Crippen LogP contribution in [0.1, 0.15) is 37.1 Å². The first-order valence-corrected chi connectivity index (χ1v) is 18.0. The van der Waals surface area contributed by atoms with Crippen LogP contribution in [-0.2, 0) is 37.0 Å². The van der Waals surface area contributed by atoms with Crippen molar-refractivity contribution in [2.45, 2.75) is 48.6 Å². The lowest BCUT2D eigenvalue weighted by molar-refractivity contribution is -0.119. The number of pyridine rings is 2. The maximum Gasteiger partial charge on any atom is 0.171 e. The number of ketones is 2. The monoisotopic (exact) mass is 600 g/mol. The van der Waals surface area contributed by atoms with Crippen LogP contribution in [0.4, 0.5) is 0 Å². The second-order valence-corrected chi connectivity index (χ2v) is 14.8. The van der Waals surface area contributed by atoms with Crippen LogP contribution in [0.2, 0.25) is 0 Å². The third-order valence-corrected chi connectivity index (χ3v) is 10.7. The summed E-state index contributed by atoms with van der Waals surface area (Å²) in [7, 11) is 4.78. The van der Waals surface area contributed by atoms with Gasteiger partial charge in [-0.2, -0.15) is 0 Å². The standard InChI is InChI=1S/C25H32N2O5S5/c1-3-37(30,31)17-6-10-22(28)18-20-8-4-12-25(26-20)36-34-16-13-23(29)19-21-9-5-11-24(27-21)35-33-15-7-14-32-2/h3-5,8-9,11-12H,1,6-7,10,13-19H2,2H3. The van der Waals surface area contributed by atoms with E-state index in [1.165, 1.54) is 10.8 Å². The van der Waals surface area contributed by atoms with Gasteiger partial charge in [0.05, 0.1) is 5.75 Å². The maximum atomic E-state index is 12.4. The SMILES string of the molecule is C=CS(=O)(=O)CCCC(=O)Cc1cccc(SSCCC(=O)Cc2cccc(SSCCCOC)n2)n1. The lowest BCUT2D eigenvalue weighted by Gasteiger charge is -2.05. The van der Waals surface area contributed by atoms with E-state index < -0.39 is 9.84 Å². The van der Waals surface area contributed by atoms with E-state index in [0.29, 0.717) is 24.3 Å². The number of carbonyl (C=O) groups is 2. The van der Waals surface area contributed by atoms with Gasteiger partial charge >= 0.3 is 0 Å². The van der Waals surface area contributed by atoms with Gasteiger partial charge in [0.2, 0.25) is 0 Å². The van der Waals surface area contributed by atoms with E-state index in [2.05, 4.69) is 16.5 Å². The second-order valence-electron chi connectivity index (χ2n) is 7.91. The number of Topliss-reactive ketones (excluding diaryl/α,β-unsaturated/α-hetero) is 2. The summed E-state index contributed by atoms with van der Waals surface area (Å²) in [6.07, 6.45) is 2.38. The Bertz CT molecular complexity index is 1130. The van der Waals surface area contributed by atoms with Crippen molar-refractivity contribution in [2.75, 3.05) is 31.0 Å². The molecule has 202 valence electrons. The molecule has 0 fully saturated rings. The molecule has 0 aliphatic carbocycles. The summed E-state index contributed by atoms with van der Waals surface area (Å²) >= 11 is 0. The summed E-state index contributed by atoms with van der Waals surface area (Å²) < 4.78 is 27.9. The highest BCUT2D eigenvalue weighted by molar-refractivity contribution is 8.77. The number of methoxy groups -OCH3 is 1. The first-order valence-electron chi connectivity index (χ1n) is 11.7. The van der Waals surface area contributed by atoms with Crippen LogP contribution in [0.5, 0.6) is 0 Å². The summed E-state index contributed by atoms with van der Waals surface area (Å²) in [4.78, 5) is 33.7. The van der Waals surface area contributed by atoms with E-state index in [1.807, 2.05) is 30.3 Å². The van der Waals surface area contributed by atoms with Crippen LogP contribution in [0.25, 0.3) is 0 Å². The van der Waals surface area contributed by atoms with E-state index in [4.69, 9.17) is 4.74 Å². The van der Waals surface area contributed by atoms with E-state index in [0.717, 1.165) is 39.9 Å². The lowest BCUT2D eigenvalue weighted by Crippen LogP contribution is -2.08. The topological polar surface area (TPSA) is 103 Å². The Balaban J connectivity index is 1.68. The third kappa shape index (κ3) is 14.4. The van der Waals surface area contributed by atoms with Gasteiger partial charge in [0.1, 0.15) is 21.6 Å². The highest BCUT2D eigenvalue weighted by Crippen LogP contribution is 2.31. The number of sulfone groups is 1. The summed E-state index contributed by atoms with van der Waals surface area (Å²) in [6, 6.07) is 11.3. The molecule has 37 heavy (non-hydrogen) atoms. The molecule has 2 aromatic rings. The van der Waals surface area contributed by atoms with Gasteiger partial charge in [-0.3, -0.25) is 9.59 Å². The number of hydrogen-bond acceptors (Lipinski definition) is 11. The predicted molar refractivity (Wildman–Crippen MR) is 157 cm³/mol. The zero-order valence-electron chi connectivity index (χ0n) is 20.8. The quantitative estimate of drug-likeness (QED) is 0.139. The minimum Gasteiger partial charge on any atom is -0.385 e. The van der Waals surface area contributed by atoms with Crippen molar-refractivity contribution in [3.63, 3.8) is 0 Å². The molecular weight excluding hydrogens is 569 g/mol. The van der Waals surface area contributed by atoms with Crippen LogP contribution in [0.3, 0.4) is 0 Å². The Morgan fingerprint density at radius 1 is 0.892 bits per heavy atom. The number of carbonyl (C=O) groups excluding carboxylic acids is 2. The molecule has 2 heterocycles. The number of nitrogens with zero attached hydrogens (tertiary/aromatic N) is 2.